The number of aliphatic carboxylic acids is 1. The van der Waals surface area contributed by atoms with Crippen LogP contribution in [0.4, 0.5) is 11.4 Å². The van der Waals surface area contributed by atoms with Crippen LogP contribution in [0.15, 0.2) is 58.8 Å². The number of hydrogen-bond donors (Lipinski definition) is 3. The van der Waals surface area contributed by atoms with E-state index in [1.165, 1.54) is 6.07 Å². The van der Waals surface area contributed by atoms with E-state index in [4.69, 9.17) is 10.8 Å². The van der Waals surface area contributed by atoms with Gasteiger partial charge in [0, 0.05) is 0 Å². The van der Waals surface area contributed by atoms with Gasteiger partial charge in [-0.05, 0) is 36.2 Å². The summed E-state index contributed by atoms with van der Waals surface area (Å²) in [5.74, 6) is -1.10. The molecule has 21 heavy (non-hydrogen) atoms. The Hall–Kier alpha value is -2.73. The van der Waals surface area contributed by atoms with Crippen LogP contribution in [0.5, 0.6) is 5.75 Å². The van der Waals surface area contributed by atoms with Gasteiger partial charge in [-0.3, -0.25) is 4.79 Å². The molecule has 2 aromatic rings. The van der Waals surface area contributed by atoms with Crippen LogP contribution in [0, 0.1) is 0 Å². The molecule has 0 radical (unpaired) electrons. The monoisotopic (exact) mass is 285 g/mol. The molecule has 2 rings (SSSR count). The highest BCUT2D eigenvalue weighted by atomic mass is 16.4. The van der Waals surface area contributed by atoms with Gasteiger partial charge in [0.2, 0.25) is 0 Å². The van der Waals surface area contributed by atoms with Crippen LogP contribution < -0.4 is 5.73 Å². The summed E-state index contributed by atoms with van der Waals surface area (Å²) in [5, 5.41) is 26.5. The molecular weight excluding hydrogens is 270 g/mol. The summed E-state index contributed by atoms with van der Waals surface area (Å²) in [7, 11) is 0. The van der Waals surface area contributed by atoms with Gasteiger partial charge >= 0.3 is 5.97 Å². The lowest BCUT2D eigenvalue weighted by atomic mass is 10.1. The SMILES string of the molecule is NC(Cc1ccc(O)c(N=Nc2ccccc2)c1)C(=O)O. The number of nitrogens with zero attached hydrogens (tertiary/aromatic N) is 2. The molecule has 0 amide bonds. The smallest absolute Gasteiger partial charge is 0.320 e. The number of carboxylic acid groups (broad SMARTS) is 1. The molecular formula is C15H15N3O3. The van der Waals surface area contributed by atoms with Crippen LogP contribution in [0.3, 0.4) is 0 Å². The number of rotatable bonds is 5. The number of benzene rings is 2. The molecule has 108 valence electrons. The molecule has 6 heteroatoms. The molecule has 4 N–H and O–H groups in total. The fourth-order valence-electron chi connectivity index (χ4n) is 1.72. The molecule has 1 atom stereocenters. The van der Waals surface area contributed by atoms with E-state index in [9.17, 15) is 9.90 Å². The average molecular weight is 285 g/mol. The van der Waals surface area contributed by atoms with Gasteiger partial charge in [0.15, 0.2) is 0 Å². The van der Waals surface area contributed by atoms with Crippen molar-refractivity contribution in [3.63, 3.8) is 0 Å². The first-order valence-corrected chi connectivity index (χ1v) is 6.33. The van der Waals surface area contributed by atoms with E-state index in [1.807, 2.05) is 18.2 Å². The molecule has 2 aromatic carbocycles. The molecule has 0 aliphatic carbocycles. The maximum absolute atomic E-state index is 10.7. The number of hydrogen-bond acceptors (Lipinski definition) is 5. The maximum atomic E-state index is 10.7. The topological polar surface area (TPSA) is 108 Å². The quantitative estimate of drug-likeness (QED) is 0.734. The molecule has 6 nitrogen and oxygen atoms in total. The number of aromatic hydroxyl groups is 1. The zero-order chi connectivity index (χ0) is 15.2. The Morgan fingerprint density at radius 3 is 2.52 bits per heavy atom. The second-order valence-electron chi connectivity index (χ2n) is 4.51. The Balaban J connectivity index is 2.19. The third-order valence-corrected chi connectivity index (χ3v) is 2.84. The van der Waals surface area contributed by atoms with E-state index in [0.717, 1.165) is 0 Å². The molecule has 0 bridgehead atoms. The van der Waals surface area contributed by atoms with E-state index >= 15 is 0 Å². The first-order chi connectivity index (χ1) is 10.1. The van der Waals surface area contributed by atoms with Crippen molar-refractivity contribution >= 4 is 17.3 Å². The van der Waals surface area contributed by atoms with Gasteiger partial charge in [-0.2, -0.15) is 5.11 Å². The molecule has 0 aliphatic rings. The number of carbonyl (C=O) groups is 1. The molecule has 0 spiro atoms. The highest BCUT2D eigenvalue weighted by Crippen LogP contribution is 2.29. The van der Waals surface area contributed by atoms with E-state index < -0.39 is 12.0 Å². The number of phenolic OH excluding ortho intramolecular Hbond substituents is 1. The summed E-state index contributed by atoms with van der Waals surface area (Å²) in [5.41, 5.74) is 7.09. The van der Waals surface area contributed by atoms with Crippen LogP contribution in [0.2, 0.25) is 0 Å². The fourth-order valence-corrected chi connectivity index (χ4v) is 1.72. The van der Waals surface area contributed by atoms with Crippen LogP contribution >= 0.6 is 0 Å². The number of phenols is 1. The predicted molar refractivity (Wildman–Crippen MR) is 78.0 cm³/mol. The third-order valence-electron chi connectivity index (χ3n) is 2.84. The van der Waals surface area contributed by atoms with E-state index in [2.05, 4.69) is 10.2 Å². The van der Waals surface area contributed by atoms with Gasteiger partial charge < -0.3 is 15.9 Å². The van der Waals surface area contributed by atoms with Gasteiger partial charge in [0.1, 0.15) is 17.5 Å². The molecule has 0 aliphatic heterocycles. The van der Waals surface area contributed by atoms with E-state index in [1.54, 1.807) is 24.3 Å². The highest BCUT2D eigenvalue weighted by Gasteiger charge is 2.13. The van der Waals surface area contributed by atoms with Gasteiger partial charge in [0.05, 0.1) is 5.69 Å². The molecule has 0 saturated carbocycles. The maximum Gasteiger partial charge on any atom is 0.320 e. The van der Waals surface area contributed by atoms with Crippen LogP contribution in [0.1, 0.15) is 5.56 Å². The molecule has 0 heterocycles. The first kappa shape index (κ1) is 14.7. The van der Waals surface area contributed by atoms with Gasteiger partial charge in [-0.25, -0.2) is 0 Å². The second kappa shape index (κ2) is 6.62. The summed E-state index contributed by atoms with van der Waals surface area (Å²) in [4.78, 5) is 10.7. The summed E-state index contributed by atoms with van der Waals surface area (Å²) in [6.07, 6.45) is 0.156. The lowest BCUT2D eigenvalue weighted by Gasteiger charge is -2.07. The second-order valence-corrected chi connectivity index (χ2v) is 4.51. The zero-order valence-corrected chi connectivity index (χ0v) is 11.2. The van der Waals surface area contributed by atoms with Crippen molar-refractivity contribution in [2.75, 3.05) is 0 Å². The Kier molecular flexibility index (Phi) is 4.63. The van der Waals surface area contributed by atoms with Crippen molar-refractivity contribution in [2.24, 2.45) is 16.0 Å². The van der Waals surface area contributed by atoms with E-state index in [-0.39, 0.29) is 17.9 Å². The van der Waals surface area contributed by atoms with Gasteiger partial charge in [-0.1, -0.05) is 24.3 Å². The third kappa shape index (κ3) is 4.12. The molecule has 1 unspecified atom stereocenters. The summed E-state index contributed by atoms with van der Waals surface area (Å²) in [6, 6.07) is 12.7. The fraction of sp³-hybridized carbons (Fsp3) is 0.133. The molecule has 0 saturated heterocycles. The summed E-state index contributed by atoms with van der Waals surface area (Å²) < 4.78 is 0. The summed E-state index contributed by atoms with van der Waals surface area (Å²) >= 11 is 0. The van der Waals surface area contributed by atoms with Crippen molar-refractivity contribution in [3.05, 3.63) is 54.1 Å². The molecule has 0 aromatic heterocycles. The zero-order valence-electron chi connectivity index (χ0n) is 11.2. The number of azo groups is 1. The minimum Gasteiger partial charge on any atom is -0.506 e. The standard InChI is InChI=1S/C15H15N3O3/c16-12(15(20)21)8-10-6-7-14(19)13(9-10)18-17-11-4-2-1-3-5-11/h1-7,9,12,19H,8,16H2,(H,20,21). The molecule has 0 fully saturated rings. The number of nitrogens with two attached hydrogens (primary N) is 1. The lowest BCUT2D eigenvalue weighted by molar-refractivity contribution is -0.138. The predicted octanol–water partition coefficient (Wildman–Crippen LogP) is 2.76. The Labute approximate surface area is 121 Å². The summed E-state index contributed by atoms with van der Waals surface area (Å²) in [6.45, 7) is 0. The Morgan fingerprint density at radius 1 is 1.14 bits per heavy atom. The Bertz CT molecular complexity index is 656. The van der Waals surface area contributed by atoms with Crippen molar-refractivity contribution < 1.29 is 15.0 Å². The van der Waals surface area contributed by atoms with E-state index in [0.29, 0.717) is 11.3 Å². The van der Waals surface area contributed by atoms with Crippen LogP contribution in [-0.2, 0) is 11.2 Å². The largest absolute Gasteiger partial charge is 0.506 e. The van der Waals surface area contributed by atoms with Crippen LogP contribution in [0.25, 0.3) is 0 Å². The minimum absolute atomic E-state index is 0.0256. The van der Waals surface area contributed by atoms with Gasteiger partial charge in [0.25, 0.3) is 0 Å². The van der Waals surface area contributed by atoms with Gasteiger partial charge in [-0.15, -0.1) is 5.11 Å². The first-order valence-electron chi connectivity index (χ1n) is 6.33. The number of carboxylic acids is 1. The van der Waals surface area contributed by atoms with Crippen molar-refractivity contribution in [1.29, 1.82) is 0 Å². The Morgan fingerprint density at radius 2 is 1.86 bits per heavy atom. The minimum atomic E-state index is -1.07. The normalized spacial score (nSPS) is 12.4. The van der Waals surface area contributed by atoms with Crippen molar-refractivity contribution in [2.45, 2.75) is 12.5 Å². The van der Waals surface area contributed by atoms with Crippen molar-refractivity contribution in [3.8, 4) is 5.75 Å². The lowest BCUT2D eigenvalue weighted by Crippen LogP contribution is -2.32. The highest BCUT2D eigenvalue weighted by molar-refractivity contribution is 5.73. The van der Waals surface area contributed by atoms with Crippen molar-refractivity contribution in [1.82, 2.24) is 0 Å². The van der Waals surface area contributed by atoms with Crippen LogP contribution in [-0.4, -0.2) is 22.2 Å². The average Bonchev–Trinajstić information content (AvgIpc) is 2.48.